The van der Waals surface area contributed by atoms with Crippen molar-refractivity contribution in [3.8, 4) is 0 Å². The van der Waals surface area contributed by atoms with E-state index in [4.69, 9.17) is 34.8 Å². The standard InChI is InChI=1S/C15H11Cl3FNO3S/c1-9(15(18)21)20(11-4-2-3-10(19)7-11)24(22,23)12-5-6-13(16)14(17)8-12/h2-9H,1H3. The molecule has 0 fully saturated rings. The highest BCUT2D eigenvalue weighted by atomic mass is 35.5. The summed E-state index contributed by atoms with van der Waals surface area (Å²) < 4.78 is 40.2. The Morgan fingerprint density at radius 1 is 1.12 bits per heavy atom. The highest BCUT2D eigenvalue weighted by Crippen LogP contribution is 2.31. The lowest BCUT2D eigenvalue weighted by Gasteiger charge is -2.28. The predicted molar refractivity (Wildman–Crippen MR) is 92.8 cm³/mol. The zero-order chi connectivity index (χ0) is 18.1. The number of halogens is 4. The molecule has 0 aromatic heterocycles. The average Bonchev–Trinajstić information content (AvgIpc) is 2.49. The molecule has 2 rings (SSSR count). The first-order chi connectivity index (χ1) is 11.1. The molecule has 0 aliphatic rings. The molecule has 4 nitrogen and oxygen atoms in total. The molecule has 9 heteroatoms. The lowest BCUT2D eigenvalue weighted by molar-refractivity contribution is -0.112. The molecule has 128 valence electrons. The number of nitrogens with zero attached hydrogens (tertiary/aromatic N) is 1. The van der Waals surface area contributed by atoms with Crippen LogP contribution in [0.2, 0.25) is 10.0 Å². The minimum atomic E-state index is -4.24. The number of hydrogen-bond acceptors (Lipinski definition) is 3. The molecule has 0 heterocycles. The summed E-state index contributed by atoms with van der Waals surface area (Å²) >= 11 is 17.1. The van der Waals surface area contributed by atoms with Crippen LogP contribution in [0.25, 0.3) is 0 Å². The van der Waals surface area contributed by atoms with Crippen molar-refractivity contribution < 1.29 is 17.6 Å². The van der Waals surface area contributed by atoms with Crippen molar-refractivity contribution in [3.05, 3.63) is 58.3 Å². The third-order valence-corrected chi connectivity index (χ3v) is 6.14. The van der Waals surface area contributed by atoms with Crippen LogP contribution < -0.4 is 4.31 Å². The van der Waals surface area contributed by atoms with E-state index in [2.05, 4.69) is 0 Å². The molecule has 0 N–H and O–H groups in total. The number of benzene rings is 2. The average molecular weight is 411 g/mol. The molecule has 0 saturated heterocycles. The zero-order valence-corrected chi connectivity index (χ0v) is 15.3. The normalized spacial score (nSPS) is 12.7. The molecule has 0 bridgehead atoms. The Morgan fingerprint density at radius 3 is 2.33 bits per heavy atom. The van der Waals surface area contributed by atoms with Crippen molar-refractivity contribution in [1.29, 1.82) is 0 Å². The van der Waals surface area contributed by atoms with E-state index in [9.17, 15) is 17.6 Å². The molecule has 2 aromatic carbocycles. The van der Waals surface area contributed by atoms with Crippen LogP contribution in [-0.2, 0) is 14.8 Å². The van der Waals surface area contributed by atoms with E-state index in [0.717, 1.165) is 22.5 Å². The lowest BCUT2D eigenvalue weighted by Crippen LogP contribution is -2.42. The second-order valence-corrected chi connectivity index (χ2v) is 7.84. The van der Waals surface area contributed by atoms with Gasteiger partial charge in [0.2, 0.25) is 5.24 Å². The molecule has 0 saturated carbocycles. The van der Waals surface area contributed by atoms with Crippen molar-refractivity contribution in [1.82, 2.24) is 0 Å². The van der Waals surface area contributed by atoms with Gasteiger partial charge in [-0.25, -0.2) is 12.8 Å². The van der Waals surface area contributed by atoms with Crippen LogP contribution in [0, 0.1) is 5.82 Å². The molecule has 0 radical (unpaired) electrons. The molecule has 0 spiro atoms. The minimum absolute atomic E-state index is 0.0294. The highest BCUT2D eigenvalue weighted by Gasteiger charge is 2.33. The Bertz CT molecular complexity index is 889. The van der Waals surface area contributed by atoms with Gasteiger partial charge in [-0.15, -0.1) is 0 Å². The molecule has 2 aromatic rings. The van der Waals surface area contributed by atoms with Gasteiger partial charge in [0.05, 0.1) is 20.6 Å². The van der Waals surface area contributed by atoms with Gasteiger partial charge in [-0.1, -0.05) is 29.3 Å². The maximum Gasteiger partial charge on any atom is 0.265 e. The zero-order valence-electron chi connectivity index (χ0n) is 12.2. The largest absolute Gasteiger partial charge is 0.279 e. The summed E-state index contributed by atoms with van der Waals surface area (Å²) in [5, 5.41) is -0.709. The van der Waals surface area contributed by atoms with Crippen molar-refractivity contribution in [2.24, 2.45) is 0 Å². The molecule has 0 aliphatic carbocycles. The summed E-state index contributed by atoms with van der Waals surface area (Å²) in [6, 6.07) is 7.27. The van der Waals surface area contributed by atoms with Gasteiger partial charge in [-0.2, -0.15) is 0 Å². The van der Waals surface area contributed by atoms with E-state index in [1.807, 2.05) is 0 Å². The van der Waals surface area contributed by atoms with Crippen LogP contribution in [-0.4, -0.2) is 19.7 Å². The van der Waals surface area contributed by atoms with Gasteiger partial charge >= 0.3 is 0 Å². The van der Waals surface area contributed by atoms with Crippen LogP contribution in [0.1, 0.15) is 6.92 Å². The van der Waals surface area contributed by atoms with Crippen LogP contribution in [0.15, 0.2) is 47.4 Å². The number of rotatable bonds is 5. The first kappa shape index (κ1) is 19.0. The lowest BCUT2D eigenvalue weighted by atomic mass is 10.2. The Morgan fingerprint density at radius 2 is 1.79 bits per heavy atom. The van der Waals surface area contributed by atoms with Crippen molar-refractivity contribution in [3.63, 3.8) is 0 Å². The monoisotopic (exact) mass is 409 g/mol. The summed E-state index contributed by atoms with van der Waals surface area (Å²) in [5.74, 6) is -0.656. The summed E-state index contributed by atoms with van der Waals surface area (Å²) in [5.41, 5.74) is -0.0393. The Labute approximate surface area is 153 Å². The first-order valence-electron chi connectivity index (χ1n) is 6.59. The summed E-state index contributed by atoms with van der Waals surface area (Å²) in [6.45, 7) is 1.30. The maximum absolute atomic E-state index is 13.5. The quantitative estimate of drug-likeness (QED) is 0.683. The maximum atomic E-state index is 13.5. The fourth-order valence-electron chi connectivity index (χ4n) is 2.03. The van der Waals surface area contributed by atoms with Gasteiger partial charge < -0.3 is 0 Å². The van der Waals surface area contributed by atoms with E-state index in [1.54, 1.807) is 0 Å². The van der Waals surface area contributed by atoms with Gasteiger partial charge in [0.1, 0.15) is 11.9 Å². The Balaban J connectivity index is 2.65. The summed E-state index contributed by atoms with van der Waals surface area (Å²) in [7, 11) is -4.24. The highest BCUT2D eigenvalue weighted by molar-refractivity contribution is 7.93. The van der Waals surface area contributed by atoms with Gasteiger partial charge in [-0.3, -0.25) is 9.10 Å². The van der Waals surface area contributed by atoms with E-state index in [-0.39, 0.29) is 20.6 Å². The van der Waals surface area contributed by atoms with Crippen LogP contribution in [0.3, 0.4) is 0 Å². The van der Waals surface area contributed by atoms with E-state index < -0.39 is 27.1 Å². The fourth-order valence-corrected chi connectivity index (χ4v) is 4.18. The van der Waals surface area contributed by atoms with Gasteiger partial charge in [0, 0.05) is 0 Å². The second kappa shape index (κ2) is 7.27. The van der Waals surface area contributed by atoms with Crippen LogP contribution >= 0.6 is 34.8 Å². The number of carbonyl (C=O) groups is 1. The smallest absolute Gasteiger partial charge is 0.265 e. The molecule has 1 atom stereocenters. The molecule has 24 heavy (non-hydrogen) atoms. The van der Waals surface area contributed by atoms with E-state index >= 15 is 0 Å². The Hall–Kier alpha value is -1.34. The Kier molecular flexibility index (Phi) is 5.75. The van der Waals surface area contributed by atoms with E-state index in [1.165, 1.54) is 31.2 Å². The van der Waals surface area contributed by atoms with Crippen molar-refractivity contribution in [2.75, 3.05) is 4.31 Å². The number of hydrogen-bond donors (Lipinski definition) is 0. The number of carbonyl (C=O) groups excluding carboxylic acids is 1. The third-order valence-electron chi connectivity index (χ3n) is 3.19. The summed E-state index contributed by atoms with van der Waals surface area (Å²) in [4.78, 5) is 11.4. The SMILES string of the molecule is CC(C(=O)Cl)N(c1cccc(F)c1)S(=O)(=O)c1ccc(Cl)c(Cl)c1. The summed E-state index contributed by atoms with van der Waals surface area (Å²) in [6.07, 6.45) is 0. The van der Waals surface area contributed by atoms with Gasteiger partial charge in [-0.05, 0) is 54.9 Å². The van der Waals surface area contributed by atoms with Crippen molar-refractivity contribution in [2.45, 2.75) is 17.9 Å². The number of sulfonamides is 1. The number of anilines is 1. The van der Waals surface area contributed by atoms with Gasteiger partial charge in [0.15, 0.2) is 0 Å². The molecule has 0 amide bonds. The fraction of sp³-hybridized carbons (Fsp3) is 0.133. The minimum Gasteiger partial charge on any atom is -0.279 e. The molecule has 0 aliphatic heterocycles. The van der Waals surface area contributed by atoms with Gasteiger partial charge in [0.25, 0.3) is 10.0 Å². The molecular formula is C15H11Cl3FNO3S. The third kappa shape index (κ3) is 3.83. The first-order valence-corrected chi connectivity index (χ1v) is 9.16. The molecular weight excluding hydrogens is 400 g/mol. The van der Waals surface area contributed by atoms with E-state index in [0.29, 0.717) is 0 Å². The molecule has 1 unspecified atom stereocenters. The van der Waals surface area contributed by atoms with Crippen molar-refractivity contribution >= 4 is 55.8 Å². The topological polar surface area (TPSA) is 54.5 Å². The second-order valence-electron chi connectivity index (χ2n) is 4.84. The van der Waals surface area contributed by atoms with Crippen LogP contribution in [0.4, 0.5) is 10.1 Å². The van der Waals surface area contributed by atoms with Crippen LogP contribution in [0.5, 0.6) is 0 Å². The predicted octanol–water partition coefficient (Wildman–Crippen LogP) is 4.48.